The molecule has 2 N–H and O–H groups in total. The molecule has 3 fully saturated rings. The van der Waals surface area contributed by atoms with Gasteiger partial charge in [0.25, 0.3) is 5.91 Å². The van der Waals surface area contributed by atoms with E-state index in [0.29, 0.717) is 13.0 Å². The van der Waals surface area contributed by atoms with E-state index < -0.39 is 6.04 Å². The average molecular weight is 440 g/mol. The Hall–Kier alpha value is -2.29. The van der Waals surface area contributed by atoms with E-state index in [4.69, 9.17) is 0 Å². The first-order valence-electron chi connectivity index (χ1n) is 12.0. The zero-order valence-corrected chi connectivity index (χ0v) is 18.6. The molecule has 1 aromatic rings. The number of benzene rings is 1. The summed E-state index contributed by atoms with van der Waals surface area (Å²) in [5.74, 6) is 0.0837. The highest BCUT2D eigenvalue weighted by atomic mass is 16.2. The molecule has 4 aliphatic rings. The Morgan fingerprint density at radius 1 is 1.00 bits per heavy atom. The normalized spacial score (nSPS) is 27.5. The van der Waals surface area contributed by atoms with Gasteiger partial charge in [-0.25, -0.2) is 0 Å². The summed E-state index contributed by atoms with van der Waals surface area (Å²) in [6.07, 6.45) is 3.30. The van der Waals surface area contributed by atoms with Gasteiger partial charge in [-0.3, -0.25) is 24.6 Å². The molecule has 2 unspecified atom stereocenters. The summed E-state index contributed by atoms with van der Waals surface area (Å²) in [4.78, 5) is 43.8. The zero-order valence-electron chi connectivity index (χ0n) is 18.6. The Balaban J connectivity index is 1.20. The van der Waals surface area contributed by atoms with Crippen molar-refractivity contribution in [3.8, 4) is 0 Å². The van der Waals surface area contributed by atoms with E-state index in [9.17, 15) is 14.4 Å². The molecule has 4 aliphatic heterocycles. The van der Waals surface area contributed by atoms with E-state index in [1.54, 1.807) is 4.90 Å². The summed E-state index contributed by atoms with van der Waals surface area (Å²) in [6.45, 7) is 8.84. The van der Waals surface area contributed by atoms with Crippen LogP contribution in [0.15, 0.2) is 18.2 Å². The number of hydrogen-bond acceptors (Lipinski definition) is 6. The molecule has 1 aromatic carbocycles. The lowest BCUT2D eigenvalue weighted by Crippen LogP contribution is -2.52. The predicted octanol–water partition coefficient (Wildman–Crippen LogP) is 0.565. The maximum atomic E-state index is 13.3. The lowest BCUT2D eigenvalue weighted by Gasteiger charge is -2.37. The van der Waals surface area contributed by atoms with E-state index in [-0.39, 0.29) is 24.1 Å². The molecule has 0 saturated carbocycles. The van der Waals surface area contributed by atoms with E-state index in [2.05, 4.69) is 20.4 Å². The summed E-state index contributed by atoms with van der Waals surface area (Å²) < 4.78 is 0. The van der Waals surface area contributed by atoms with Crippen molar-refractivity contribution in [2.24, 2.45) is 5.92 Å². The van der Waals surface area contributed by atoms with Gasteiger partial charge in [0.05, 0.1) is 0 Å². The number of rotatable bonds is 5. The average Bonchev–Trinajstić information content (AvgIpc) is 3.13. The van der Waals surface area contributed by atoms with Gasteiger partial charge < -0.3 is 15.1 Å². The second-order valence-electron chi connectivity index (χ2n) is 9.64. The quantitative estimate of drug-likeness (QED) is 0.653. The molecule has 8 heteroatoms. The second-order valence-corrected chi connectivity index (χ2v) is 9.64. The van der Waals surface area contributed by atoms with Crippen LogP contribution < -0.4 is 10.6 Å². The molecule has 2 atom stereocenters. The maximum absolute atomic E-state index is 13.3. The Bertz CT molecular complexity index is 890. The minimum atomic E-state index is -0.557. The van der Waals surface area contributed by atoms with Crippen LogP contribution in [0.3, 0.4) is 0 Å². The van der Waals surface area contributed by atoms with Gasteiger partial charge in [0.2, 0.25) is 11.8 Å². The van der Waals surface area contributed by atoms with Crippen molar-refractivity contribution in [1.29, 1.82) is 0 Å². The standard InChI is InChI=1S/C24H33N5O3/c30-21-7-6-20(23(31)26-21)29-16-19-5-1-4-18(22(19)24(29)32)15-28-11-9-27(10-12-28)14-17-3-2-8-25-13-17/h1,4-5,17,20,25H,2-3,6-16H2,(H,26,30,31). The summed E-state index contributed by atoms with van der Waals surface area (Å²) in [6, 6.07) is 5.49. The van der Waals surface area contributed by atoms with Crippen LogP contribution in [0.4, 0.5) is 0 Å². The Labute approximate surface area is 189 Å². The third-order valence-electron chi connectivity index (χ3n) is 7.41. The Kier molecular flexibility index (Phi) is 6.26. The van der Waals surface area contributed by atoms with Crippen molar-refractivity contribution in [2.45, 2.75) is 44.8 Å². The van der Waals surface area contributed by atoms with Crippen LogP contribution in [0.1, 0.15) is 47.2 Å². The van der Waals surface area contributed by atoms with Gasteiger partial charge in [-0.15, -0.1) is 0 Å². The second kappa shape index (κ2) is 9.29. The van der Waals surface area contributed by atoms with Crippen molar-refractivity contribution in [3.63, 3.8) is 0 Å². The number of fused-ring (bicyclic) bond motifs is 1. The number of carbonyl (C=O) groups excluding carboxylic acids is 3. The maximum Gasteiger partial charge on any atom is 0.255 e. The highest BCUT2D eigenvalue weighted by molar-refractivity contribution is 6.05. The SMILES string of the molecule is O=C1CCC(N2Cc3cccc(CN4CCN(CC5CCCNC5)CC4)c3C2=O)C(=O)N1. The van der Waals surface area contributed by atoms with Crippen LogP contribution in [0.25, 0.3) is 0 Å². The smallest absolute Gasteiger partial charge is 0.255 e. The summed E-state index contributed by atoms with van der Waals surface area (Å²) in [7, 11) is 0. The van der Waals surface area contributed by atoms with Gasteiger partial charge in [-0.1, -0.05) is 18.2 Å². The van der Waals surface area contributed by atoms with E-state index >= 15 is 0 Å². The Morgan fingerprint density at radius 3 is 2.56 bits per heavy atom. The zero-order chi connectivity index (χ0) is 22.1. The van der Waals surface area contributed by atoms with Gasteiger partial charge in [0.15, 0.2) is 0 Å². The molecule has 5 rings (SSSR count). The van der Waals surface area contributed by atoms with E-state index in [0.717, 1.165) is 68.4 Å². The van der Waals surface area contributed by atoms with Crippen LogP contribution in [0, 0.1) is 5.92 Å². The fourth-order valence-corrected chi connectivity index (χ4v) is 5.64. The molecule has 172 valence electrons. The molecule has 32 heavy (non-hydrogen) atoms. The summed E-state index contributed by atoms with van der Waals surface area (Å²) in [5.41, 5.74) is 2.79. The molecule has 0 spiro atoms. The van der Waals surface area contributed by atoms with Crippen molar-refractivity contribution < 1.29 is 14.4 Å². The molecular formula is C24H33N5O3. The number of nitrogens with zero attached hydrogens (tertiary/aromatic N) is 3. The first-order valence-corrected chi connectivity index (χ1v) is 12.0. The van der Waals surface area contributed by atoms with Crippen LogP contribution in [0.5, 0.6) is 0 Å². The van der Waals surface area contributed by atoms with Gasteiger partial charge in [0.1, 0.15) is 6.04 Å². The topological polar surface area (TPSA) is 85.0 Å². The van der Waals surface area contributed by atoms with Gasteiger partial charge >= 0.3 is 0 Å². The van der Waals surface area contributed by atoms with Crippen LogP contribution >= 0.6 is 0 Å². The van der Waals surface area contributed by atoms with Crippen LogP contribution in [-0.2, 0) is 22.7 Å². The first kappa shape index (κ1) is 21.6. The number of piperidine rings is 2. The number of piperazine rings is 1. The minimum Gasteiger partial charge on any atom is -0.322 e. The Morgan fingerprint density at radius 2 is 1.81 bits per heavy atom. The number of nitrogens with one attached hydrogen (secondary N) is 2. The highest BCUT2D eigenvalue weighted by Gasteiger charge is 2.40. The predicted molar refractivity (Wildman–Crippen MR) is 120 cm³/mol. The largest absolute Gasteiger partial charge is 0.322 e. The monoisotopic (exact) mass is 439 g/mol. The lowest BCUT2D eigenvalue weighted by molar-refractivity contribution is -0.136. The number of amides is 3. The fourth-order valence-electron chi connectivity index (χ4n) is 5.64. The molecular weight excluding hydrogens is 406 g/mol. The van der Waals surface area contributed by atoms with Gasteiger partial charge in [-0.2, -0.15) is 0 Å². The number of hydrogen-bond donors (Lipinski definition) is 2. The van der Waals surface area contributed by atoms with E-state index in [1.165, 1.54) is 19.4 Å². The van der Waals surface area contributed by atoms with Crippen molar-refractivity contribution in [1.82, 2.24) is 25.3 Å². The number of carbonyl (C=O) groups is 3. The molecule has 0 radical (unpaired) electrons. The van der Waals surface area contributed by atoms with Gasteiger partial charge in [-0.05, 0) is 49.4 Å². The molecule has 3 saturated heterocycles. The molecule has 0 aliphatic carbocycles. The lowest BCUT2D eigenvalue weighted by atomic mass is 9.98. The van der Waals surface area contributed by atoms with Crippen molar-refractivity contribution >= 4 is 17.7 Å². The highest BCUT2D eigenvalue weighted by Crippen LogP contribution is 2.30. The third-order valence-corrected chi connectivity index (χ3v) is 7.41. The molecule has 0 aromatic heterocycles. The molecule has 3 amide bonds. The number of imide groups is 1. The first-order chi connectivity index (χ1) is 15.6. The molecule has 4 heterocycles. The summed E-state index contributed by atoms with van der Waals surface area (Å²) in [5, 5.41) is 5.89. The molecule has 8 nitrogen and oxygen atoms in total. The molecule has 0 bridgehead atoms. The van der Waals surface area contributed by atoms with E-state index in [1.807, 2.05) is 18.2 Å². The van der Waals surface area contributed by atoms with Crippen molar-refractivity contribution in [3.05, 3.63) is 34.9 Å². The van der Waals surface area contributed by atoms with Crippen LogP contribution in [0.2, 0.25) is 0 Å². The van der Waals surface area contributed by atoms with Crippen molar-refractivity contribution in [2.75, 3.05) is 45.8 Å². The minimum absolute atomic E-state index is 0.0754. The van der Waals surface area contributed by atoms with Crippen LogP contribution in [-0.4, -0.2) is 84.3 Å². The summed E-state index contributed by atoms with van der Waals surface area (Å²) >= 11 is 0. The van der Waals surface area contributed by atoms with Gasteiger partial charge in [0, 0.05) is 57.8 Å². The fraction of sp³-hybridized carbons (Fsp3) is 0.625. The third kappa shape index (κ3) is 4.44.